The lowest BCUT2D eigenvalue weighted by atomic mass is 9.79. The van der Waals surface area contributed by atoms with Crippen LogP contribution in [0.2, 0.25) is 0 Å². The van der Waals surface area contributed by atoms with E-state index in [2.05, 4.69) is 5.32 Å². The van der Waals surface area contributed by atoms with Crippen molar-refractivity contribution in [3.05, 3.63) is 59.2 Å². The first kappa shape index (κ1) is 22.2. The van der Waals surface area contributed by atoms with E-state index >= 15 is 0 Å². The minimum atomic E-state index is -4.49. The third kappa shape index (κ3) is 4.31. The van der Waals surface area contributed by atoms with E-state index in [9.17, 15) is 18.0 Å². The summed E-state index contributed by atoms with van der Waals surface area (Å²) in [7, 11) is 3.32. The number of rotatable bonds is 6. The normalized spacial score (nSPS) is 19.4. The molecule has 0 aromatic heterocycles. The number of alkyl halides is 3. The summed E-state index contributed by atoms with van der Waals surface area (Å²) in [4.78, 5) is 15.0. The van der Waals surface area contributed by atoms with Crippen LogP contribution in [0.15, 0.2) is 42.5 Å². The summed E-state index contributed by atoms with van der Waals surface area (Å²) in [6.45, 7) is 2.72. The second kappa shape index (κ2) is 9.08. The van der Waals surface area contributed by atoms with Crippen LogP contribution in [-0.2, 0) is 17.4 Å². The molecule has 162 valence electrons. The molecule has 1 N–H and O–H groups in total. The third-order valence-corrected chi connectivity index (χ3v) is 5.81. The number of ether oxygens (including phenoxy) is 1. The van der Waals surface area contributed by atoms with Crippen LogP contribution in [0.1, 0.15) is 36.0 Å². The Balaban J connectivity index is 2.17. The highest BCUT2D eigenvalue weighted by atomic mass is 19.4. The van der Waals surface area contributed by atoms with Crippen LogP contribution >= 0.6 is 0 Å². The summed E-state index contributed by atoms with van der Waals surface area (Å²) in [6.07, 6.45) is -3.79. The lowest BCUT2D eigenvalue weighted by Gasteiger charge is -2.28. The van der Waals surface area contributed by atoms with E-state index in [0.717, 1.165) is 11.6 Å². The van der Waals surface area contributed by atoms with Crippen molar-refractivity contribution in [3.8, 4) is 5.75 Å². The molecule has 0 bridgehead atoms. The molecule has 1 aliphatic rings. The predicted molar refractivity (Wildman–Crippen MR) is 111 cm³/mol. The number of hydrogen-bond donors (Lipinski definition) is 1. The van der Waals surface area contributed by atoms with Crippen molar-refractivity contribution in [1.82, 2.24) is 5.32 Å². The predicted octanol–water partition coefficient (Wildman–Crippen LogP) is 4.63. The van der Waals surface area contributed by atoms with Crippen molar-refractivity contribution in [2.24, 2.45) is 5.92 Å². The fourth-order valence-corrected chi connectivity index (χ4v) is 4.28. The standard InChI is InChI=1S/C23H27F3N2O2/c1-4-17-18(15-8-10-16(30-3)11-9-15)14-19-20(23(24,25)26)6-5-7-21(19)28(22(17)29)13-12-27-2/h5-11,17-18,27H,4,12-14H2,1-3H3/t17-,18+/m1/s1. The number of carbonyl (C=O) groups is 1. The number of amides is 1. The summed E-state index contributed by atoms with van der Waals surface area (Å²) in [6, 6.07) is 11.4. The van der Waals surface area contributed by atoms with Crippen molar-refractivity contribution >= 4 is 11.6 Å². The fourth-order valence-electron chi connectivity index (χ4n) is 4.28. The molecule has 1 aliphatic heterocycles. The van der Waals surface area contributed by atoms with Gasteiger partial charge in [0.05, 0.1) is 12.7 Å². The molecule has 2 atom stereocenters. The maximum atomic E-state index is 13.9. The number of benzene rings is 2. The molecule has 0 saturated carbocycles. The topological polar surface area (TPSA) is 41.6 Å². The molecule has 3 rings (SSSR count). The van der Waals surface area contributed by atoms with E-state index in [1.807, 2.05) is 19.1 Å². The summed E-state index contributed by atoms with van der Waals surface area (Å²) >= 11 is 0. The Kier molecular flexibility index (Phi) is 6.71. The van der Waals surface area contributed by atoms with Crippen molar-refractivity contribution in [1.29, 1.82) is 0 Å². The molecule has 4 nitrogen and oxygen atoms in total. The Labute approximate surface area is 175 Å². The molecule has 0 spiro atoms. The number of nitrogens with one attached hydrogen (secondary N) is 1. The van der Waals surface area contributed by atoms with Crippen molar-refractivity contribution in [2.75, 3.05) is 32.1 Å². The highest BCUT2D eigenvalue weighted by Gasteiger charge is 2.41. The largest absolute Gasteiger partial charge is 0.497 e. The molecular formula is C23H27F3N2O2. The molecule has 0 aliphatic carbocycles. The second-order valence-electron chi connectivity index (χ2n) is 7.49. The van der Waals surface area contributed by atoms with E-state index in [1.165, 1.54) is 11.0 Å². The van der Waals surface area contributed by atoms with Crippen molar-refractivity contribution in [3.63, 3.8) is 0 Å². The Morgan fingerprint density at radius 1 is 1.17 bits per heavy atom. The smallest absolute Gasteiger partial charge is 0.416 e. The zero-order valence-electron chi connectivity index (χ0n) is 17.4. The number of halogens is 3. The zero-order valence-corrected chi connectivity index (χ0v) is 17.4. The molecule has 0 radical (unpaired) electrons. The molecule has 1 heterocycles. The van der Waals surface area contributed by atoms with Crippen LogP contribution < -0.4 is 15.0 Å². The average molecular weight is 420 g/mol. The third-order valence-electron chi connectivity index (χ3n) is 5.81. The highest BCUT2D eigenvalue weighted by molar-refractivity contribution is 5.97. The zero-order chi connectivity index (χ0) is 21.9. The molecule has 2 aromatic rings. The Hall–Kier alpha value is -2.54. The first-order valence-electron chi connectivity index (χ1n) is 10.1. The SMILES string of the molecule is CC[C@H]1C(=O)N(CCNC)c2cccc(C(F)(F)F)c2C[C@H]1c1ccc(OC)cc1. The van der Waals surface area contributed by atoms with Gasteiger partial charge in [0.15, 0.2) is 0 Å². The fraction of sp³-hybridized carbons (Fsp3) is 0.435. The molecule has 0 unspecified atom stereocenters. The van der Waals surface area contributed by atoms with Gasteiger partial charge in [0.2, 0.25) is 5.91 Å². The molecule has 0 saturated heterocycles. The minimum absolute atomic E-state index is 0.133. The summed E-state index contributed by atoms with van der Waals surface area (Å²) < 4.78 is 46.8. The number of nitrogens with zero attached hydrogens (tertiary/aromatic N) is 1. The molecule has 2 aromatic carbocycles. The van der Waals surface area contributed by atoms with Gasteiger partial charge in [-0.2, -0.15) is 13.2 Å². The maximum Gasteiger partial charge on any atom is 0.416 e. The van der Waals surface area contributed by atoms with Crippen LogP contribution in [0, 0.1) is 5.92 Å². The maximum absolute atomic E-state index is 13.9. The Morgan fingerprint density at radius 2 is 1.87 bits per heavy atom. The lowest BCUT2D eigenvalue weighted by Crippen LogP contribution is -2.40. The van der Waals surface area contributed by atoms with E-state index in [4.69, 9.17) is 4.74 Å². The highest BCUT2D eigenvalue weighted by Crippen LogP contribution is 2.44. The van der Waals surface area contributed by atoms with Gasteiger partial charge in [-0.15, -0.1) is 0 Å². The summed E-state index contributed by atoms with van der Waals surface area (Å²) in [5, 5.41) is 2.99. The van der Waals surface area contributed by atoms with Gasteiger partial charge in [0.1, 0.15) is 5.75 Å². The molecule has 7 heteroatoms. The molecule has 0 fully saturated rings. The van der Waals surface area contributed by atoms with Crippen LogP contribution in [0.3, 0.4) is 0 Å². The van der Waals surface area contributed by atoms with Crippen LogP contribution in [-0.4, -0.2) is 33.2 Å². The van der Waals surface area contributed by atoms with Crippen LogP contribution in [0.25, 0.3) is 0 Å². The Bertz CT molecular complexity index is 881. The van der Waals surface area contributed by atoms with E-state index in [1.54, 1.807) is 32.4 Å². The van der Waals surface area contributed by atoms with E-state index in [0.29, 0.717) is 30.9 Å². The second-order valence-corrected chi connectivity index (χ2v) is 7.49. The molecule has 30 heavy (non-hydrogen) atoms. The lowest BCUT2D eigenvalue weighted by molar-refractivity contribution is -0.138. The monoisotopic (exact) mass is 420 g/mol. The van der Waals surface area contributed by atoms with Gasteiger partial charge < -0.3 is 15.0 Å². The number of carbonyl (C=O) groups excluding carboxylic acids is 1. The number of likely N-dealkylation sites (N-methyl/N-ethyl adjacent to an activating group) is 1. The minimum Gasteiger partial charge on any atom is -0.497 e. The van der Waals surface area contributed by atoms with Gasteiger partial charge in [-0.3, -0.25) is 4.79 Å². The summed E-state index contributed by atoms with van der Waals surface area (Å²) in [5.74, 6) is -0.232. The van der Waals surface area contributed by atoms with Gasteiger partial charge in [0, 0.05) is 24.7 Å². The average Bonchev–Trinajstić information content (AvgIpc) is 2.85. The van der Waals surface area contributed by atoms with Crippen LogP contribution in [0.5, 0.6) is 5.75 Å². The number of methoxy groups -OCH3 is 1. The number of hydrogen-bond acceptors (Lipinski definition) is 3. The number of anilines is 1. The first-order chi connectivity index (χ1) is 14.3. The van der Waals surface area contributed by atoms with Crippen molar-refractivity contribution < 1.29 is 22.7 Å². The van der Waals surface area contributed by atoms with Crippen LogP contribution in [0.4, 0.5) is 18.9 Å². The van der Waals surface area contributed by atoms with E-state index in [-0.39, 0.29) is 23.8 Å². The van der Waals surface area contributed by atoms with Gasteiger partial charge in [-0.25, -0.2) is 0 Å². The van der Waals surface area contributed by atoms with Gasteiger partial charge in [-0.05, 0) is 61.2 Å². The van der Waals surface area contributed by atoms with Gasteiger partial charge in [0.25, 0.3) is 0 Å². The van der Waals surface area contributed by atoms with Crippen molar-refractivity contribution in [2.45, 2.75) is 31.9 Å². The first-order valence-corrected chi connectivity index (χ1v) is 10.1. The number of fused-ring (bicyclic) bond motifs is 1. The Morgan fingerprint density at radius 3 is 2.43 bits per heavy atom. The van der Waals surface area contributed by atoms with Gasteiger partial charge >= 0.3 is 6.18 Å². The summed E-state index contributed by atoms with van der Waals surface area (Å²) in [5.41, 5.74) is 0.720. The molecular weight excluding hydrogens is 393 g/mol. The van der Waals surface area contributed by atoms with E-state index < -0.39 is 17.7 Å². The van der Waals surface area contributed by atoms with Gasteiger partial charge in [-0.1, -0.05) is 25.1 Å². The molecule has 1 amide bonds. The quantitative estimate of drug-likeness (QED) is 0.741.